The van der Waals surface area contributed by atoms with Crippen LogP contribution < -0.4 is 14.8 Å². The molecule has 0 aromatic heterocycles. The highest BCUT2D eigenvalue weighted by Gasteiger charge is 2.17. The zero-order valence-electron chi connectivity index (χ0n) is 12.0. The summed E-state index contributed by atoms with van der Waals surface area (Å²) in [6.07, 6.45) is 0. The van der Waals surface area contributed by atoms with Gasteiger partial charge in [0.1, 0.15) is 11.5 Å². The summed E-state index contributed by atoms with van der Waals surface area (Å²) >= 11 is 0. The summed E-state index contributed by atoms with van der Waals surface area (Å²) in [5, 5.41) is 3.48. The highest BCUT2D eigenvalue weighted by Crippen LogP contribution is 2.29. The molecule has 0 aliphatic carbocycles. The van der Waals surface area contributed by atoms with Crippen molar-refractivity contribution in [1.82, 2.24) is 10.2 Å². The molecule has 1 aromatic carbocycles. The van der Waals surface area contributed by atoms with Gasteiger partial charge in [-0.2, -0.15) is 0 Å². The van der Waals surface area contributed by atoms with Gasteiger partial charge in [-0.05, 0) is 38.8 Å². The first-order valence-corrected chi connectivity index (χ1v) is 6.22. The van der Waals surface area contributed by atoms with Crippen LogP contribution in [-0.2, 0) is 0 Å². The van der Waals surface area contributed by atoms with Gasteiger partial charge >= 0.3 is 0 Å². The van der Waals surface area contributed by atoms with Crippen LogP contribution in [0.4, 0.5) is 0 Å². The van der Waals surface area contributed by atoms with E-state index in [1.54, 1.807) is 14.2 Å². The maximum Gasteiger partial charge on any atom is 0.123 e. The third-order valence-corrected chi connectivity index (χ3v) is 2.81. The minimum Gasteiger partial charge on any atom is -0.497 e. The molecule has 18 heavy (non-hydrogen) atoms. The van der Waals surface area contributed by atoms with Gasteiger partial charge in [0.25, 0.3) is 0 Å². The molecule has 0 aliphatic heterocycles. The minimum absolute atomic E-state index is 0.232. The van der Waals surface area contributed by atoms with E-state index in [9.17, 15) is 0 Å². The number of nitrogens with zero attached hydrogens (tertiary/aromatic N) is 1. The molecule has 0 amide bonds. The third kappa shape index (κ3) is 3.89. The average Bonchev–Trinajstić information content (AvgIpc) is 2.37. The standard InChI is InChI=1S/C14H24N2O2/c1-6-15-13(10-16(2)3)12-9-11(17-4)7-8-14(12)18-5/h7-9,13,15H,6,10H2,1-5H3. The van der Waals surface area contributed by atoms with Crippen LogP contribution in [0.2, 0.25) is 0 Å². The Balaban J connectivity index is 3.06. The van der Waals surface area contributed by atoms with Crippen molar-refractivity contribution in [2.24, 2.45) is 0 Å². The number of likely N-dealkylation sites (N-methyl/N-ethyl adjacent to an activating group) is 2. The highest BCUT2D eigenvalue weighted by molar-refractivity contribution is 5.42. The smallest absolute Gasteiger partial charge is 0.123 e. The fraction of sp³-hybridized carbons (Fsp3) is 0.571. The molecule has 0 radical (unpaired) electrons. The Hall–Kier alpha value is -1.26. The molecule has 4 heteroatoms. The fourth-order valence-corrected chi connectivity index (χ4v) is 2.00. The van der Waals surface area contributed by atoms with E-state index in [2.05, 4.69) is 31.2 Å². The van der Waals surface area contributed by atoms with E-state index in [0.29, 0.717) is 0 Å². The molecule has 0 heterocycles. The first-order valence-electron chi connectivity index (χ1n) is 6.22. The predicted octanol–water partition coefficient (Wildman–Crippen LogP) is 1.92. The second kappa shape index (κ2) is 7.24. The van der Waals surface area contributed by atoms with Crippen LogP contribution in [0, 0.1) is 0 Å². The summed E-state index contributed by atoms with van der Waals surface area (Å²) in [7, 11) is 7.51. The van der Waals surface area contributed by atoms with Gasteiger partial charge in [0.15, 0.2) is 0 Å². The van der Waals surface area contributed by atoms with Gasteiger partial charge in [0.05, 0.1) is 14.2 Å². The summed E-state index contributed by atoms with van der Waals surface area (Å²) in [5.74, 6) is 1.75. The Bertz CT molecular complexity index is 367. The molecule has 0 saturated carbocycles. The molecule has 1 N–H and O–H groups in total. The minimum atomic E-state index is 0.232. The molecule has 4 nitrogen and oxygen atoms in total. The summed E-state index contributed by atoms with van der Waals surface area (Å²) in [6, 6.07) is 6.14. The zero-order chi connectivity index (χ0) is 13.5. The van der Waals surface area contributed by atoms with Crippen molar-refractivity contribution >= 4 is 0 Å². The van der Waals surface area contributed by atoms with E-state index in [1.165, 1.54) is 0 Å². The SMILES string of the molecule is CCNC(CN(C)C)c1cc(OC)ccc1OC. The average molecular weight is 252 g/mol. The number of rotatable bonds is 7. The normalized spacial score (nSPS) is 12.6. The number of hydrogen-bond donors (Lipinski definition) is 1. The Morgan fingerprint density at radius 3 is 2.44 bits per heavy atom. The van der Waals surface area contributed by atoms with E-state index in [1.807, 2.05) is 18.2 Å². The maximum atomic E-state index is 5.44. The van der Waals surface area contributed by atoms with Crippen molar-refractivity contribution < 1.29 is 9.47 Å². The first-order chi connectivity index (χ1) is 8.62. The maximum absolute atomic E-state index is 5.44. The van der Waals surface area contributed by atoms with Gasteiger partial charge in [-0.3, -0.25) is 0 Å². The zero-order valence-corrected chi connectivity index (χ0v) is 12.0. The van der Waals surface area contributed by atoms with E-state index in [4.69, 9.17) is 9.47 Å². The number of ether oxygens (including phenoxy) is 2. The van der Waals surface area contributed by atoms with E-state index in [0.717, 1.165) is 30.2 Å². The lowest BCUT2D eigenvalue weighted by Crippen LogP contribution is -2.31. The topological polar surface area (TPSA) is 33.7 Å². The Kier molecular flexibility index (Phi) is 5.95. The van der Waals surface area contributed by atoms with Crippen molar-refractivity contribution in [1.29, 1.82) is 0 Å². The van der Waals surface area contributed by atoms with E-state index in [-0.39, 0.29) is 6.04 Å². The lowest BCUT2D eigenvalue weighted by Gasteiger charge is -2.24. The monoisotopic (exact) mass is 252 g/mol. The van der Waals surface area contributed by atoms with Gasteiger partial charge in [-0.1, -0.05) is 6.92 Å². The Labute approximate surface area is 110 Å². The molecule has 1 atom stereocenters. The fourth-order valence-electron chi connectivity index (χ4n) is 2.00. The predicted molar refractivity (Wildman–Crippen MR) is 74.5 cm³/mol. The lowest BCUT2D eigenvalue weighted by atomic mass is 10.0. The van der Waals surface area contributed by atoms with Crippen molar-refractivity contribution in [3.8, 4) is 11.5 Å². The van der Waals surface area contributed by atoms with Crippen LogP contribution in [0.3, 0.4) is 0 Å². The van der Waals surface area contributed by atoms with Crippen molar-refractivity contribution in [2.45, 2.75) is 13.0 Å². The molecule has 0 bridgehead atoms. The van der Waals surface area contributed by atoms with E-state index >= 15 is 0 Å². The molecular weight excluding hydrogens is 228 g/mol. The van der Waals surface area contributed by atoms with Gasteiger partial charge < -0.3 is 19.7 Å². The molecule has 0 saturated heterocycles. The van der Waals surface area contributed by atoms with Crippen LogP contribution in [-0.4, -0.2) is 46.3 Å². The van der Waals surface area contributed by atoms with Crippen LogP contribution in [0.5, 0.6) is 11.5 Å². The summed E-state index contributed by atoms with van der Waals surface area (Å²) in [6.45, 7) is 3.94. The number of methoxy groups -OCH3 is 2. The van der Waals surface area contributed by atoms with Crippen LogP contribution >= 0.6 is 0 Å². The van der Waals surface area contributed by atoms with Crippen molar-refractivity contribution in [3.63, 3.8) is 0 Å². The molecular formula is C14H24N2O2. The molecule has 0 fully saturated rings. The van der Waals surface area contributed by atoms with Gasteiger partial charge in [0.2, 0.25) is 0 Å². The quantitative estimate of drug-likeness (QED) is 0.804. The molecule has 1 unspecified atom stereocenters. The largest absolute Gasteiger partial charge is 0.497 e. The number of nitrogens with one attached hydrogen (secondary N) is 1. The van der Waals surface area contributed by atoms with Crippen LogP contribution in [0.1, 0.15) is 18.5 Å². The lowest BCUT2D eigenvalue weighted by molar-refractivity contribution is 0.332. The summed E-state index contributed by atoms with van der Waals surface area (Å²) in [5.41, 5.74) is 1.13. The Morgan fingerprint density at radius 2 is 1.94 bits per heavy atom. The van der Waals surface area contributed by atoms with Crippen LogP contribution in [0.15, 0.2) is 18.2 Å². The van der Waals surface area contributed by atoms with E-state index < -0.39 is 0 Å². The van der Waals surface area contributed by atoms with Crippen molar-refractivity contribution in [2.75, 3.05) is 41.4 Å². The highest BCUT2D eigenvalue weighted by atomic mass is 16.5. The summed E-state index contributed by atoms with van der Waals surface area (Å²) < 4.78 is 10.7. The molecule has 1 aromatic rings. The van der Waals surface area contributed by atoms with Gasteiger partial charge in [-0.15, -0.1) is 0 Å². The van der Waals surface area contributed by atoms with Crippen LogP contribution in [0.25, 0.3) is 0 Å². The molecule has 0 aliphatic rings. The third-order valence-electron chi connectivity index (χ3n) is 2.81. The first kappa shape index (κ1) is 14.8. The number of benzene rings is 1. The summed E-state index contributed by atoms with van der Waals surface area (Å²) in [4.78, 5) is 2.16. The van der Waals surface area contributed by atoms with Gasteiger partial charge in [0, 0.05) is 18.2 Å². The Morgan fingerprint density at radius 1 is 1.22 bits per heavy atom. The number of hydrogen-bond acceptors (Lipinski definition) is 4. The van der Waals surface area contributed by atoms with Gasteiger partial charge in [-0.25, -0.2) is 0 Å². The van der Waals surface area contributed by atoms with Crippen molar-refractivity contribution in [3.05, 3.63) is 23.8 Å². The molecule has 1 rings (SSSR count). The molecule has 102 valence electrons. The second-order valence-electron chi connectivity index (χ2n) is 4.48. The second-order valence-corrected chi connectivity index (χ2v) is 4.48. The molecule has 0 spiro atoms.